The Morgan fingerprint density at radius 3 is 1.61 bits per heavy atom. The van der Waals surface area contributed by atoms with Crippen molar-refractivity contribution in [3.05, 3.63) is 301 Å². The number of thiazole rings is 2. The van der Waals surface area contributed by atoms with E-state index >= 15 is 0 Å². The lowest BCUT2D eigenvalue weighted by atomic mass is 10.2. The minimum Gasteiger partial charge on any atom is -0.473 e. The number of fused-ring (bicyclic) bond motifs is 5. The lowest BCUT2D eigenvalue weighted by Crippen LogP contribution is -1.73. The van der Waals surface area contributed by atoms with Gasteiger partial charge in [-0.1, -0.05) is 109 Å². The molecule has 0 unspecified atom stereocenters. The summed E-state index contributed by atoms with van der Waals surface area (Å²) < 4.78 is 12.3. The molecule has 0 atom stereocenters. The SMILES string of the molecule is c1cc[nH]c1.c1ccc2[nH]ccc2c1.c1ccc2ncccc2c1.c1ccc2occc2c1.c1ccc2sccc2c1.c1ccc2scnc2c1.c1ccncc1.c1ccoc1.c1ccsc1.c1cscn1. The van der Waals surface area contributed by atoms with Crippen LogP contribution in [0.3, 0.4) is 0 Å². The zero-order valence-corrected chi connectivity index (χ0v) is 42.4. The third-order valence-corrected chi connectivity index (χ3v) is 12.1. The molecule has 15 rings (SSSR count). The number of H-pyrrole nitrogens is 2. The molecule has 2 N–H and O–H groups in total. The van der Waals surface area contributed by atoms with Crippen molar-refractivity contribution < 1.29 is 8.83 Å². The number of hydrogen-bond acceptors (Lipinski definition) is 10. The van der Waals surface area contributed by atoms with Crippen LogP contribution in [0.1, 0.15) is 0 Å². The zero-order chi connectivity index (χ0) is 49.6. The summed E-state index contributed by atoms with van der Waals surface area (Å²) in [6, 6.07) is 68.2. The molecule has 0 bridgehead atoms. The molecule has 0 aliphatic carbocycles. The van der Waals surface area contributed by atoms with Crippen LogP contribution in [0.25, 0.3) is 53.1 Å². The van der Waals surface area contributed by atoms with E-state index in [2.05, 4.69) is 106 Å². The molecule has 8 nitrogen and oxygen atoms in total. The second-order valence-corrected chi connectivity index (χ2v) is 17.6. The Morgan fingerprint density at radius 1 is 0.361 bits per heavy atom. The van der Waals surface area contributed by atoms with Gasteiger partial charge in [-0.25, -0.2) is 4.98 Å². The summed E-state index contributed by atoms with van der Waals surface area (Å²) in [5.41, 5.74) is 7.98. The van der Waals surface area contributed by atoms with E-state index in [1.807, 2.05) is 186 Å². The molecule has 0 fully saturated rings. The lowest BCUT2D eigenvalue weighted by molar-refractivity contribution is 0.567. The van der Waals surface area contributed by atoms with Crippen molar-refractivity contribution in [2.45, 2.75) is 0 Å². The number of furan rings is 2. The number of hydrogen-bond donors (Lipinski definition) is 2. The molecule has 358 valence electrons. The quantitative estimate of drug-likeness (QED) is 0.157. The predicted molar refractivity (Wildman–Crippen MR) is 308 cm³/mol. The van der Waals surface area contributed by atoms with Gasteiger partial charge in [0.2, 0.25) is 0 Å². The van der Waals surface area contributed by atoms with E-state index in [0.29, 0.717) is 0 Å². The fraction of sp³-hybridized carbons (Fsp3) is 0. The van der Waals surface area contributed by atoms with E-state index in [4.69, 9.17) is 4.42 Å². The Morgan fingerprint density at radius 2 is 1.04 bits per heavy atom. The first kappa shape index (κ1) is 52.8. The monoisotopic (exact) mass is 1020 g/mol. The molecular formula is C60H52N6O2S4. The molecule has 5 aromatic carbocycles. The van der Waals surface area contributed by atoms with Gasteiger partial charge in [0.1, 0.15) is 5.58 Å². The van der Waals surface area contributed by atoms with E-state index in [0.717, 1.165) is 22.0 Å². The first-order valence-electron chi connectivity index (χ1n) is 22.5. The summed E-state index contributed by atoms with van der Waals surface area (Å²) in [5, 5.41) is 13.1. The molecule has 10 aromatic heterocycles. The van der Waals surface area contributed by atoms with Crippen molar-refractivity contribution >= 4 is 98.4 Å². The summed E-state index contributed by atoms with van der Waals surface area (Å²) >= 11 is 6.78. The molecule has 0 aliphatic rings. The Bertz CT molecular complexity index is 2860. The van der Waals surface area contributed by atoms with Crippen LogP contribution in [0.15, 0.2) is 310 Å². The molecule has 0 spiro atoms. The number of aromatic amines is 2. The normalized spacial score (nSPS) is 9.39. The minimum absolute atomic E-state index is 0.956. The highest BCUT2D eigenvalue weighted by atomic mass is 32.1. The fourth-order valence-corrected chi connectivity index (χ4v) is 8.12. The number of nitrogens with one attached hydrogen (secondary N) is 2. The van der Waals surface area contributed by atoms with Crippen molar-refractivity contribution in [3.8, 4) is 0 Å². The Hall–Kier alpha value is -8.52. The summed E-state index contributed by atoms with van der Waals surface area (Å²) in [6.07, 6.45) is 17.7. The van der Waals surface area contributed by atoms with Crippen LogP contribution in [0.4, 0.5) is 0 Å². The number of pyridine rings is 2. The van der Waals surface area contributed by atoms with Gasteiger partial charge in [0, 0.05) is 69.7 Å². The van der Waals surface area contributed by atoms with Crippen molar-refractivity contribution in [2.24, 2.45) is 0 Å². The third kappa shape index (κ3) is 21.0. The standard InChI is InChI=1S/C9H7N.C8H7N.C8H6O.C8H6S.C7H5NS.C5H5N.C4H5N.C4H4O.C4H4S.C3H3NS/c1-2-6-9-8(4-1)5-3-7-10-9;3*1-2-4-8-7(3-1)5-6-9-8;1-2-4-7-6(3-1)8-5-9-7;1-2-4-6-5-3-1;3*1-2-4-5-3-1;1-2-5-3-4-1/h1-7H;1-6,9H;2*1-6H;1-5H;1-5H;1-5H;2*1-4H;1-3H. The van der Waals surface area contributed by atoms with Crippen molar-refractivity contribution in [1.29, 1.82) is 0 Å². The van der Waals surface area contributed by atoms with Crippen LogP contribution in [-0.2, 0) is 0 Å². The van der Waals surface area contributed by atoms with Crippen LogP contribution >= 0.6 is 45.3 Å². The molecule has 0 amide bonds. The van der Waals surface area contributed by atoms with E-state index in [1.165, 1.54) is 31.1 Å². The van der Waals surface area contributed by atoms with Gasteiger partial charge in [0.25, 0.3) is 0 Å². The number of para-hydroxylation sites is 4. The molecule has 0 aliphatic heterocycles. The molecule has 15 aromatic rings. The highest BCUT2D eigenvalue weighted by molar-refractivity contribution is 7.17. The van der Waals surface area contributed by atoms with Crippen LogP contribution < -0.4 is 0 Å². The number of thiophene rings is 2. The van der Waals surface area contributed by atoms with Crippen LogP contribution in [0.2, 0.25) is 0 Å². The van der Waals surface area contributed by atoms with Crippen LogP contribution in [0.5, 0.6) is 0 Å². The van der Waals surface area contributed by atoms with E-state index in [1.54, 1.807) is 88.2 Å². The van der Waals surface area contributed by atoms with E-state index in [-0.39, 0.29) is 0 Å². The van der Waals surface area contributed by atoms with Gasteiger partial charge < -0.3 is 18.8 Å². The molecule has 0 saturated carbocycles. The second kappa shape index (κ2) is 33.9. The lowest BCUT2D eigenvalue weighted by Gasteiger charge is -1.91. The summed E-state index contributed by atoms with van der Waals surface area (Å²) in [6.45, 7) is 0. The average Bonchev–Trinajstić information content (AvgIpc) is 4.30. The topological polar surface area (TPSA) is 109 Å². The van der Waals surface area contributed by atoms with Gasteiger partial charge >= 0.3 is 0 Å². The summed E-state index contributed by atoms with van der Waals surface area (Å²) in [5.74, 6) is 0. The van der Waals surface area contributed by atoms with Gasteiger partial charge in [-0.2, -0.15) is 11.3 Å². The van der Waals surface area contributed by atoms with Gasteiger partial charge in [0.05, 0.1) is 45.5 Å². The minimum atomic E-state index is 0.956. The van der Waals surface area contributed by atoms with Crippen molar-refractivity contribution in [1.82, 2.24) is 29.9 Å². The fourth-order valence-electron chi connectivity index (χ4n) is 5.85. The number of aromatic nitrogens is 6. The highest BCUT2D eigenvalue weighted by Gasteiger charge is 1.92. The first-order chi connectivity index (χ1) is 35.8. The number of rotatable bonds is 0. The first-order valence-corrected chi connectivity index (χ1v) is 26.1. The van der Waals surface area contributed by atoms with Crippen molar-refractivity contribution in [2.75, 3.05) is 0 Å². The molecule has 0 radical (unpaired) electrons. The van der Waals surface area contributed by atoms with E-state index in [9.17, 15) is 0 Å². The largest absolute Gasteiger partial charge is 0.473 e. The molecule has 0 saturated heterocycles. The maximum absolute atomic E-state index is 5.12. The Kier molecular flexibility index (Phi) is 24.9. The van der Waals surface area contributed by atoms with Crippen molar-refractivity contribution in [3.63, 3.8) is 0 Å². The Balaban J connectivity index is 0.000000132. The Labute approximate surface area is 435 Å². The molecule has 10 heterocycles. The third-order valence-electron chi connectivity index (χ3n) is 9.20. The van der Waals surface area contributed by atoms with Crippen LogP contribution in [0, 0.1) is 0 Å². The maximum Gasteiger partial charge on any atom is 0.133 e. The van der Waals surface area contributed by atoms with E-state index < -0.39 is 0 Å². The molecular weight excluding hydrogens is 965 g/mol. The van der Waals surface area contributed by atoms with Gasteiger partial charge in [0.15, 0.2) is 0 Å². The second-order valence-electron chi connectivity index (χ2n) is 14.2. The molecule has 12 heteroatoms. The van der Waals surface area contributed by atoms with Gasteiger partial charge in [-0.05, 0) is 124 Å². The molecule has 72 heavy (non-hydrogen) atoms. The number of benzene rings is 5. The summed E-state index contributed by atoms with van der Waals surface area (Å²) in [7, 11) is 0. The predicted octanol–water partition coefficient (Wildman–Crippen LogP) is 18.3. The van der Waals surface area contributed by atoms with Gasteiger partial charge in [-0.15, -0.1) is 34.0 Å². The van der Waals surface area contributed by atoms with Crippen LogP contribution in [-0.4, -0.2) is 29.9 Å². The maximum atomic E-state index is 5.12. The number of nitrogens with zero attached hydrogens (tertiary/aromatic N) is 4. The van der Waals surface area contributed by atoms with Gasteiger partial charge in [-0.3, -0.25) is 15.0 Å². The smallest absolute Gasteiger partial charge is 0.133 e. The average molecular weight is 1020 g/mol. The zero-order valence-electron chi connectivity index (χ0n) is 39.1. The summed E-state index contributed by atoms with van der Waals surface area (Å²) in [4.78, 5) is 21.8. The highest BCUT2D eigenvalue weighted by Crippen LogP contribution is 2.19.